The van der Waals surface area contributed by atoms with E-state index < -0.39 is 29.0 Å². The highest BCUT2D eigenvalue weighted by molar-refractivity contribution is 6.01. The topological polar surface area (TPSA) is 90.9 Å². The Morgan fingerprint density at radius 2 is 1.57 bits per heavy atom. The molecule has 7 nitrogen and oxygen atoms in total. The van der Waals surface area contributed by atoms with Crippen LogP contribution in [0.1, 0.15) is 51.3 Å². The summed E-state index contributed by atoms with van der Waals surface area (Å²) in [5, 5.41) is 2.71. The van der Waals surface area contributed by atoms with Crippen LogP contribution in [-0.4, -0.2) is 36.8 Å². The predicted molar refractivity (Wildman–Crippen MR) is 103 cm³/mol. The first-order valence-electron chi connectivity index (χ1n) is 9.53. The molecule has 2 rings (SSSR count). The SMILES string of the molecule is CCOC(=O)C1(C(=O)OCC)Cc2ccc(CNC(=O)OC(C)(C)C)cc2C1. The molecule has 0 aliphatic heterocycles. The number of rotatable bonds is 6. The molecule has 0 bridgehead atoms. The van der Waals surface area contributed by atoms with Crippen LogP contribution in [0.5, 0.6) is 0 Å². The number of carbonyl (C=O) groups is 3. The molecule has 0 fully saturated rings. The lowest BCUT2D eigenvalue weighted by Gasteiger charge is -2.23. The van der Waals surface area contributed by atoms with Gasteiger partial charge in [0.1, 0.15) is 5.60 Å². The average Bonchev–Trinajstić information content (AvgIpc) is 2.99. The van der Waals surface area contributed by atoms with E-state index in [0.29, 0.717) is 0 Å². The van der Waals surface area contributed by atoms with E-state index in [-0.39, 0.29) is 32.6 Å². The highest BCUT2D eigenvalue weighted by Gasteiger charge is 2.52. The Kier molecular flexibility index (Phi) is 6.69. The molecule has 1 aromatic carbocycles. The van der Waals surface area contributed by atoms with Gasteiger partial charge in [-0.15, -0.1) is 0 Å². The summed E-state index contributed by atoms with van der Waals surface area (Å²) in [6, 6.07) is 5.64. The third-order valence-corrected chi connectivity index (χ3v) is 4.42. The van der Waals surface area contributed by atoms with Gasteiger partial charge in [-0.2, -0.15) is 0 Å². The molecule has 7 heteroatoms. The summed E-state index contributed by atoms with van der Waals surface area (Å²) < 4.78 is 15.6. The van der Waals surface area contributed by atoms with Crippen LogP contribution in [0.4, 0.5) is 4.79 Å². The molecule has 0 aromatic heterocycles. The summed E-state index contributed by atoms with van der Waals surface area (Å²) in [6.07, 6.45) is -0.0274. The third-order valence-electron chi connectivity index (χ3n) is 4.42. The van der Waals surface area contributed by atoms with E-state index in [9.17, 15) is 14.4 Å². The molecular formula is C21H29NO6. The second kappa shape index (κ2) is 8.63. The molecule has 0 spiro atoms. The quantitative estimate of drug-likeness (QED) is 0.455. The Morgan fingerprint density at radius 1 is 1.00 bits per heavy atom. The smallest absolute Gasteiger partial charge is 0.407 e. The van der Waals surface area contributed by atoms with Crippen molar-refractivity contribution in [3.05, 3.63) is 34.9 Å². The van der Waals surface area contributed by atoms with Crippen molar-refractivity contribution in [3.63, 3.8) is 0 Å². The summed E-state index contributed by atoms with van der Waals surface area (Å²) in [7, 11) is 0. The van der Waals surface area contributed by atoms with Gasteiger partial charge in [0.25, 0.3) is 0 Å². The predicted octanol–water partition coefficient (Wildman–Crippen LogP) is 2.92. The van der Waals surface area contributed by atoms with E-state index in [1.807, 2.05) is 18.2 Å². The zero-order valence-electron chi connectivity index (χ0n) is 17.2. The highest BCUT2D eigenvalue weighted by atomic mass is 16.6. The van der Waals surface area contributed by atoms with Crippen molar-refractivity contribution in [2.75, 3.05) is 13.2 Å². The van der Waals surface area contributed by atoms with Gasteiger partial charge in [0.05, 0.1) is 13.2 Å². The number of benzene rings is 1. The molecule has 0 saturated carbocycles. The monoisotopic (exact) mass is 391 g/mol. The number of alkyl carbamates (subject to hydrolysis) is 1. The number of amides is 1. The third kappa shape index (κ3) is 5.03. The fourth-order valence-corrected chi connectivity index (χ4v) is 3.24. The molecule has 0 heterocycles. The van der Waals surface area contributed by atoms with Crippen LogP contribution >= 0.6 is 0 Å². The first-order valence-corrected chi connectivity index (χ1v) is 9.53. The van der Waals surface area contributed by atoms with Gasteiger partial charge in [0.15, 0.2) is 5.41 Å². The van der Waals surface area contributed by atoms with Gasteiger partial charge in [-0.25, -0.2) is 4.79 Å². The summed E-state index contributed by atoms with van der Waals surface area (Å²) in [5.41, 5.74) is 0.728. The van der Waals surface area contributed by atoms with Gasteiger partial charge >= 0.3 is 18.0 Å². The zero-order chi connectivity index (χ0) is 20.9. The van der Waals surface area contributed by atoms with Crippen molar-refractivity contribution in [1.29, 1.82) is 0 Å². The van der Waals surface area contributed by atoms with E-state index in [0.717, 1.165) is 16.7 Å². The van der Waals surface area contributed by atoms with Crippen molar-refractivity contribution < 1.29 is 28.6 Å². The largest absolute Gasteiger partial charge is 0.465 e. The maximum Gasteiger partial charge on any atom is 0.407 e. The molecule has 0 unspecified atom stereocenters. The second-order valence-corrected chi connectivity index (χ2v) is 7.84. The Morgan fingerprint density at radius 3 is 2.11 bits per heavy atom. The molecule has 0 saturated heterocycles. The van der Waals surface area contributed by atoms with Gasteiger partial charge in [0.2, 0.25) is 0 Å². The standard InChI is InChI=1S/C21H29NO6/c1-6-26-17(23)21(18(24)27-7-2)11-15-9-8-14(10-16(15)12-21)13-22-19(25)28-20(3,4)5/h8-10H,6-7,11-13H2,1-5H3,(H,22,25). The van der Waals surface area contributed by atoms with Crippen molar-refractivity contribution in [2.45, 2.75) is 59.6 Å². The van der Waals surface area contributed by atoms with Crippen molar-refractivity contribution in [1.82, 2.24) is 5.32 Å². The lowest BCUT2D eigenvalue weighted by molar-refractivity contribution is -0.171. The maximum absolute atomic E-state index is 12.6. The summed E-state index contributed by atoms with van der Waals surface area (Å²) in [4.78, 5) is 37.0. The van der Waals surface area contributed by atoms with Crippen LogP contribution in [0.2, 0.25) is 0 Å². The zero-order valence-corrected chi connectivity index (χ0v) is 17.2. The molecular weight excluding hydrogens is 362 g/mol. The summed E-state index contributed by atoms with van der Waals surface area (Å²) in [5.74, 6) is -1.11. The lowest BCUT2D eigenvalue weighted by Crippen LogP contribution is -2.43. The molecule has 154 valence electrons. The summed E-state index contributed by atoms with van der Waals surface area (Å²) >= 11 is 0. The number of hydrogen-bond donors (Lipinski definition) is 1. The molecule has 1 aliphatic carbocycles. The van der Waals surface area contributed by atoms with Crippen molar-refractivity contribution >= 4 is 18.0 Å². The normalized spacial score (nSPS) is 14.8. The van der Waals surface area contributed by atoms with E-state index >= 15 is 0 Å². The molecule has 1 amide bonds. The molecule has 1 aliphatic rings. The van der Waals surface area contributed by atoms with E-state index in [1.54, 1.807) is 34.6 Å². The van der Waals surface area contributed by atoms with Gasteiger partial charge in [-0.05, 0) is 64.2 Å². The van der Waals surface area contributed by atoms with Crippen LogP contribution < -0.4 is 5.32 Å². The Balaban J connectivity index is 2.15. The van der Waals surface area contributed by atoms with Crippen LogP contribution in [0.25, 0.3) is 0 Å². The lowest BCUT2D eigenvalue weighted by atomic mass is 9.84. The van der Waals surface area contributed by atoms with Crippen molar-refractivity contribution in [2.24, 2.45) is 5.41 Å². The van der Waals surface area contributed by atoms with E-state index in [4.69, 9.17) is 14.2 Å². The number of carbonyl (C=O) groups excluding carboxylic acids is 3. The molecule has 1 aromatic rings. The molecule has 0 radical (unpaired) electrons. The first kappa shape index (κ1) is 21.7. The number of hydrogen-bond acceptors (Lipinski definition) is 6. The highest BCUT2D eigenvalue weighted by Crippen LogP contribution is 2.40. The summed E-state index contributed by atoms with van der Waals surface area (Å²) in [6.45, 7) is 9.49. The Hall–Kier alpha value is -2.57. The molecule has 28 heavy (non-hydrogen) atoms. The van der Waals surface area contributed by atoms with Gasteiger partial charge < -0.3 is 19.5 Å². The van der Waals surface area contributed by atoms with Crippen LogP contribution in [0.15, 0.2) is 18.2 Å². The maximum atomic E-state index is 12.6. The minimum Gasteiger partial charge on any atom is -0.465 e. The Bertz CT molecular complexity index is 732. The van der Waals surface area contributed by atoms with Crippen LogP contribution in [0.3, 0.4) is 0 Å². The van der Waals surface area contributed by atoms with Crippen LogP contribution in [-0.2, 0) is 43.2 Å². The minimum absolute atomic E-state index is 0.196. The minimum atomic E-state index is -1.34. The second-order valence-electron chi connectivity index (χ2n) is 7.84. The fourth-order valence-electron chi connectivity index (χ4n) is 3.24. The number of esters is 2. The fraction of sp³-hybridized carbons (Fsp3) is 0.571. The molecule has 0 atom stereocenters. The Labute approximate surface area is 165 Å². The van der Waals surface area contributed by atoms with E-state index in [2.05, 4.69) is 5.32 Å². The number of ether oxygens (including phenoxy) is 3. The van der Waals surface area contributed by atoms with Gasteiger partial charge in [-0.1, -0.05) is 18.2 Å². The molecule has 1 N–H and O–H groups in total. The number of nitrogens with one attached hydrogen (secondary N) is 1. The number of fused-ring (bicyclic) bond motifs is 1. The van der Waals surface area contributed by atoms with Gasteiger partial charge in [0, 0.05) is 6.54 Å². The van der Waals surface area contributed by atoms with Crippen LogP contribution in [0, 0.1) is 5.41 Å². The van der Waals surface area contributed by atoms with Crippen molar-refractivity contribution in [3.8, 4) is 0 Å². The van der Waals surface area contributed by atoms with E-state index in [1.165, 1.54) is 0 Å². The first-order chi connectivity index (χ1) is 13.1. The average molecular weight is 391 g/mol. The van der Waals surface area contributed by atoms with Gasteiger partial charge in [-0.3, -0.25) is 9.59 Å².